The van der Waals surface area contributed by atoms with Crippen molar-refractivity contribution in [3.8, 4) is 0 Å². The molecular formula is C23H27NO7. The van der Waals surface area contributed by atoms with E-state index in [1.165, 1.54) is 14.2 Å². The molecule has 31 heavy (non-hydrogen) atoms. The van der Waals surface area contributed by atoms with Gasteiger partial charge in [0.25, 0.3) is 0 Å². The predicted molar refractivity (Wildman–Crippen MR) is 111 cm³/mol. The van der Waals surface area contributed by atoms with Gasteiger partial charge in [-0.1, -0.05) is 60.7 Å². The van der Waals surface area contributed by atoms with Crippen molar-refractivity contribution in [1.82, 2.24) is 5.32 Å². The molecule has 1 saturated carbocycles. The lowest BCUT2D eigenvalue weighted by molar-refractivity contribution is -0.153. The third-order valence-corrected chi connectivity index (χ3v) is 5.30. The smallest absolute Gasteiger partial charge is 0.407 e. The maximum absolute atomic E-state index is 12.6. The van der Waals surface area contributed by atoms with E-state index in [1.54, 1.807) is 0 Å². The summed E-state index contributed by atoms with van der Waals surface area (Å²) in [6, 6.07) is 17.7. The lowest BCUT2D eigenvalue weighted by atomic mass is 10.0. The average Bonchev–Trinajstić information content (AvgIpc) is 3.07. The number of rotatable bonds is 8. The molecule has 0 saturated heterocycles. The number of carbonyl (C=O) groups is 2. The van der Waals surface area contributed by atoms with Crippen LogP contribution in [-0.4, -0.2) is 55.7 Å². The van der Waals surface area contributed by atoms with Crippen molar-refractivity contribution in [3.05, 3.63) is 71.8 Å². The quantitative estimate of drug-likeness (QED) is 0.619. The number of ether oxygens (including phenoxy) is 4. The fraction of sp³-hybridized carbons (Fsp3) is 0.391. The minimum absolute atomic E-state index is 0.0659. The zero-order valence-corrected chi connectivity index (χ0v) is 17.5. The van der Waals surface area contributed by atoms with E-state index in [2.05, 4.69) is 5.32 Å². The Morgan fingerprint density at radius 2 is 1.48 bits per heavy atom. The number of hydrogen-bond acceptors (Lipinski definition) is 7. The SMILES string of the molecule is COC(=O)[C@H]1[C@H](NC(=O)OCc2ccccc2)[C@@H](OC)[C@@H](O)[C@@H]1OCc1ccccc1. The fourth-order valence-corrected chi connectivity index (χ4v) is 3.77. The maximum Gasteiger partial charge on any atom is 0.407 e. The van der Waals surface area contributed by atoms with Crippen molar-refractivity contribution >= 4 is 12.1 Å². The molecule has 1 amide bonds. The number of aliphatic hydroxyl groups excluding tert-OH is 1. The first-order chi connectivity index (χ1) is 15.0. The highest BCUT2D eigenvalue weighted by molar-refractivity contribution is 5.77. The summed E-state index contributed by atoms with van der Waals surface area (Å²) in [5, 5.41) is 13.4. The molecule has 0 aliphatic heterocycles. The van der Waals surface area contributed by atoms with Gasteiger partial charge in [0.1, 0.15) is 30.8 Å². The Bertz CT molecular complexity index is 846. The molecule has 5 atom stereocenters. The molecule has 2 aromatic rings. The first-order valence-electron chi connectivity index (χ1n) is 9.96. The standard InChI is InChI=1S/C23H27NO7/c1-28-21-18(24-23(27)31-14-16-11-7-4-8-12-16)17(22(26)29-2)20(19(21)25)30-13-15-9-5-3-6-10-15/h3-12,17-21,25H,13-14H2,1-2H3,(H,24,27)/t17-,18-,19-,20+,21+/m0/s1. The molecule has 166 valence electrons. The molecule has 0 aromatic heterocycles. The second kappa shape index (κ2) is 10.9. The molecule has 0 bridgehead atoms. The van der Waals surface area contributed by atoms with Gasteiger partial charge in [-0.05, 0) is 11.1 Å². The van der Waals surface area contributed by atoms with Crippen molar-refractivity contribution in [2.75, 3.05) is 14.2 Å². The summed E-state index contributed by atoms with van der Waals surface area (Å²) >= 11 is 0. The molecule has 8 heteroatoms. The number of hydrogen-bond donors (Lipinski definition) is 2. The number of carbonyl (C=O) groups excluding carboxylic acids is 2. The van der Waals surface area contributed by atoms with E-state index in [0.717, 1.165) is 11.1 Å². The van der Waals surface area contributed by atoms with Crippen molar-refractivity contribution < 1.29 is 33.6 Å². The van der Waals surface area contributed by atoms with E-state index in [-0.39, 0.29) is 13.2 Å². The average molecular weight is 429 g/mol. The molecule has 2 aromatic carbocycles. The second-order valence-corrected chi connectivity index (χ2v) is 7.23. The topological polar surface area (TPSA) is 103 Å². The molecule has 1 aliphatic carbocycles. The molecule has 0 spiro atoms. The van der Waals surface area contributed by atoms with Crippen molar-refractivity contribution in [2.24, 2.45) is 5.92 Å². The van der Waals surface area contributed by atoms with Gasteiger partial charge in [0, 0.05) is 7.11 Å². The Hall–Kier alpha value is -2.94. The summed E-state index contributed by atoms with van der Waals surface area (Å²) < 4.78 is 21.5. The fourth-order valence-electron chi connectivity index (χ4n) is 3.77. The Balaban J connectivity index is 1.71. The lowest BCUT2D eigenvalue weighted by Gasteiger charge is -2.24. The van der Waals surface area contributed by atoms with Crippen LogP contribution in [0.1, 0.15) is 11.1 Å². The summed E-state index contributed by atoms with van der Waals surface area (Å²) in [6.07, 6.45) is -3.70. The second-order valence-electron chi connectivity index (χ2n) is 7.23. The third-order valence-electron chi connectivity index (χ3n) is 5.30. The van der Waals surface area contributed by atoms with Gasteiger partial charge in [0.2, 0.25) is 0 Å². The maximum atomic E-state index is 12.6. The summed E-state index contributed by atoms with van der Waals surface area (Å²) in [4.78, 5) is 25.0. The Morgan fingerprint density at radius 1 is 0.903 bits per heavy atom. The Morgan fingerprint density at radius 3 is 2.03 bits per heavy atom. The van der Waals surface area contributed by atoms with Gasteiger partial charge in [-0.2, -0.15) is 0 Å². The van der Waals surface area contributed by atoms with E-state index >= 15 is 0 Å². The Kier molecular flexibility index (Phi) is 8.00. The van der Waals surface area contributed by atoms with Crippen molar-refractivity contribution in [1.29, 1.82) is 0 Å². The molecular weight excluding hydrogens is 402 g/mol. The summed E-state index contributed by atoms with van der Waals surface area (Å²) in [5.41, 5.74) is 1.70. The summed E-state index contributed by atoms with van der Waals surface area (Å²) in [6.45, 7) is 0.244. The van der Waals surface area contributed by atoms with Crippen molar-refractivity contribution in [2.45, 2.75) is 37.6 Å². The molecule has 0 radical (unpaired) electrons. The van der Waals surface area contributed by atoms with Gasteiger partial charge >= 0.3 is 12.1 Å². The van der Waals surface area contributed by atoms with Crippen LogP contribution in [0.2, 0.25) is 0 Å². The van der Waals surface area contributed by atoms with E-state index in [4.69, 9.17) is 18.9 Å². The predicted octanol–water partition coefficient (Wildman–Crippen LogP) is 2.05. The van der Waals surface area contributed by atoms with Gasteiger partial charge in [-0.3, -0.25) is 4.79 Å². The molecule has 2 N–H and O–H groups in total. The van der Waals surface area contributed by atoms with Crippen LogP contribution in [0.5, 0.6) is 0 Å². The van der Waals surface area contributed by atoms with Gasteiger partial charge in [0.15, 0.2) is 0 Å². The Labute approximate surface area is 181 Å². The number of alkyl carbamates (subject to hydrolysis) is 1. The van der Waals surface area contributed by atoms with E-state index in [9.17, 15) is 14.7 Å². The van der Waals surface area contributed by atoms with Crippen LogP contribution in [0.4, 0.5) is 4.79 Å². The molecule has 0 heterocycles. The highest BCUT2D eigenvalue weighted by atomic mass is 16.6. The number of esters is 1. The molecule has 8 nitrogen and oxygen atoms in total. The van der Waals surface area contributed by atoms with Gasteiger partial charge < -0.3 is 29.4 Å². The number of nitrogens with one attached hydrogen (secondary N) is 1. The van der Waals surface area contributed by atoms with Crippen LogP contribution in [0, 0.1) is 5.92 Å². The first kappa shape index (κ1) is 22.7. The number of amides is 1. The number of aliphatic hydroxyl groups is 1. The molecule has 1 aliphatic rings. The highest BCUT2D eigenvalue weighted by Crippen LogP contribution is 2.33. The van der Waals surface area contributed by atoms with E-state index in [1.807, 2.05) is 60.7 Å². The molecule has 0 unspecified atom stereocenters. The van der Waals surface area contributed by atoms with Crippen LogP contribution in [0.25, 0.3) is 0 Å². The zero-order valence-electron chi connectivity index (χ0n) is 17.5. The van der Waals surface area contributed by atoms with Crippen LogP contribution >= 0.6 is 0 Å². The van der Waals surface area contributed by atoms with Gasteiger partial charge in [-0.15, -0.1) is 0 Å². The monoisotopic (exact) mass is 429 g/mol. The highest BCUT2D eigenvalue weighted by Gasteiger charge is 2.56. The zero-order chi connectivity index (χ0) is 22.2. The van der Waals surface area contributed by atoms with Gasteiger partial charge in [0.05, 0.1) is 19.8 Å². The van der Waals surface area contributed by atoms with E-state index in [0.29, 0.717) is 0 Å². The molecule has 3 rings (SSSR count). The summed E-state index contributed by atoms with van der Waals surface area (Å²) in [7, 11) is 2.64. The first-order valence-corrected chi connectivity index (χ1v) is 9.96. The van der Waals surface area contributed by atoms with Crippen molar-refractivity contribution in [3.63, 3.8) is 0 Å². The van der Waals surface area contributed by atoms with E-state index < -0.39 is 42.3 Å². The summed E-state index contributed by atoms with van der Waals surface area (Å²) in [5.74, 6) is -1.59. The van der Waals surface area contributed by atoms with Crippen LogP contribution in [0.15, 0.2) is 60.7 Å². The minimum atomic E-state index is -1.16. The lowest BCUT2D eigenvalue weighted by Crippen LogP contribution is -2.49. The third kappa shape index (κ3) is 5.61. The normalized spacial score (nSPS) is 25.1. The number of methoxy groups -OCH3 is 2. The van der Waals surface area contributed by atoms with Gasteiger partial charge in [-0.25, -0.2) is 4.79 Å². The van der Waals surface area contributed by atoms with Crippen LogP contribution in [-0.2, 0) is 37.0 Å². The van der Waals surface area contributed by atoms with Crippen LogP contribution in [0.3, 0.4) is 0 Å². The largest absolute Gasteiger partial charge is 0.469 e. The molecule has 1 fully saturated rings. The van der Waals surface area contributed by atoms with Crippen LogP contribution < -0.4 is 5.32 Å². The minimum Gasteiger partial charge on any atom is -0.469 e. The number of benzene rings is 2.